The van der Waals surface area contributed by atoms with Crippen molar-refractivity contribution in [2.45, 2.75) is 57.2 Å². The predicted octanol–water partition coefficient (Wildman–Crippen LogP) is 6.14. The molecule has 250 valence electrons. The van der Waals surface area contributed by atoms with E-state index in [-0.39, 0.29) is 27.7 Å². The van der Waals surface area contributed by atoms with Crippen LogP contribution < -0.4 is 15.1 Å². The maximum absolute atomic E-state index is 15.5. The van der Waals surface area contributed by atoms with Gasteiger partial charge in [0.05, 0.1) is 18.2 Å². The third-order valence-corrected chi connectivity index (χ3v) is 8.91. The molecule has 5 rings (SSSR count). The number of rotatable bonds is 7. The molecule has 2 heterocycles. The first-order chi connectivity index (χ1) is 22.5. The monoisotopic (exact) mass is 682 g/mol. The molecular weight excluding hydrogens is 653 g/mol. The van der Waals surface area contributed by atoms with Gasteiger partial charge in [-0.2, -0.15) is 5.26 Å². The van der Waals surface area contributed by atoms with Gasteiger partial charge in [-0.1, -0.05) is 56.6 Å². The van der Waals surface area contributed by atoms with Crippen LogP contribution in [-0.4, -0.2) is 63.0 Å². The quantitative estimate of drug-likeness (QED) is 0.304. The van der Waals surface area contributed by atoms with Gasteiger partial charge >= 0.3 is 12.1 Å². The van der Waals surface area contributed by atoms with Crippen molar-refractivity contribution in [2.24, 2.45) is 5.41 Å². The fraction of sp³-hybridized carbons (Fsp3) is 0.333. The summed E-state index contributed by atoms with van der Waals surface area (Å²) in [4.78, 5) is 62.5. The van der Waals surface area contributed by atoms with Crippen LogP contribution >= 0.6 is 11.6 Å². The van der Waals surface area contributed by atoms with E-state index in [1.807, 2.05) is 6.07 Å². The van der Waals surface area contributed by atoms with Gasteiger partial charge in [-0.15, -0.1) is 0 Å². The topological polar surface area (TPSA) is 147 Å². The summed E-state index contributed by atoms with van der Waals surface area (Å²) in [6, 6.07) is 11.3. The highest BCUT2D eigenvalue weighted by Gasteiger charge is 2.65. The van der Waals surface area contributed by atoms with E-state index >= 15 is 4.79 Å². The van der Waals surface area contributed by atoms with Crippen LogP contribution in [0.2, 0.25) is 5.02 Å². The van der Waals surface area contributed by atoms with E-state index in [0.29, 0.717) is 4.90 Å². The van der Waals surface area contributed by atoms with E-state index in [1.54, 1.807) is 26.8 Å². The lowest BCUT2D eigenvalue weighted by Gasteiger charge is -2.48. The maximum Gasteiger partial charge on any atom is 0.415 e. The van der Waals surface area contributed by atoms with Crippen molar-refractivity contribution in [2.75, 3.05) is 16.3 Å². The lowest BCUT2D eigenvalue weighted by Crippen LogP contribution is -2.68. The van der Waals surface area contributed by atoms with Gasteiger partial charge in [0, 0.05) is 41.4 Å². The molecule has 0 bridgehead atoms. The van der Waals surface area contributed by atoms with Crippen LogP contribution in [0.1, 0.15) is 50.8 Å². The second-order valence-corrected chi connectivity index (χ2v) is 13.1. The average Bonchev–Trinajstić information content (AvgIpc) is 3.33. The van der Waals surface area contributed by atoms with Gasteiger partial charge in [-0.3, -0.25) is 19.4 Å². The van der Waals surface area contributed by atoms with Crippen molar-refractivity contribution < 1.29 is 37.5 Å². The first kappa shape index (κ1) is 34.2. The summed E-state index contributed by atoms with van der Waals surface area (Å²) in [6.07, 6.45) is -1.78. The molecule has 1 aliphatic carbocycles. The number of pyridine rings is 1. The Labute approximate surface area is 278 Å². The number of hydrogen-bond donors (Lipinski definition) is 2. The predicted molar refractivity (Wildman–Crippen MR) is 168 cm³/mol. The Hall–Kier alpha value is -5.16. The highest BCUT2D eigenvalue weighted by atomic mass is 35.5. The molecule has 2 atom stereocenters. The largest absolute Gasteiger partial charge is 0.465 e. The molecule has 1 saturated heterocycles. The van der Waals surface area contributed by atoms with E-state index in [1.165, 1.54) is 48.7 Å². The summed E-state index contributed by atoms with van der Waals surface area (Å²) in [6.45, 7) is 3.93. The molecule has 0 radical (unpaired) electrons. The number of hydrogen-bond acceptors (Lipinski definition) is 6. The molecule has 3 aromatic rings. The van der Waals surface area contributed by atoms with Crippen molar-refractivity contribution >= 4 is 47.0 Å². The second kappa shape index (κ2) is 12.5. The summed E-state index contributed by atoms with van der Waals surface area (Å²) >= 11 is 6.59. The summed E-state index contributed by atoms with van der Waals surface area (Å²) in [5.41, 5.74) is -3.64. The number of carboxylic acid groups (broad SMARTS) is 1. The van der Waals surface area contributed by atoms with Crippen LogP contribution in [-0.2, 0) is 9.59 Å². The van der Waals surface area contributed by atoms with Crippen LogP contribution in [0.15, 0.2) is 66.9 Å². The van der Waals surface area contributed by atoms with Gasteiger partial charge in [0.15, 0.2) is 5.54 Å². The normalized spacial score (nSPS) is 19.7. The van der Waals surface area contributed by atoms with Gasteiger partial charge in [0.2, 0.25) is 5.91 Å². The highest BCUT2D eigenvalue weighted by molar-refractivity contribution is 6.32. The zero-order chi connectivity index (χ0) is 35.2. The maximum atomic E-state index is 15.5. The fourth-order valence-corrected chi connectivity index (χ4v) is 6.35. The highest BCUT2D eigenvalue weighted by Crippen LogP contribution is 2.48. The molecule has 2 aromatic carbocycles. The Kier molecular flexibility index (Phi) is 8.87. The van der Waals surface area contributed by atoms with Crippen LogP contribution in [0.4, 0.5) is 34.3 Å². The number of nitrogens with one attached hydrogen (secondary N) is 1. The molecule has 11 nitrogen and oxygen atoms in total. The number of imide groups is 1. The van der Waals surface area contributed by atoms with E-state index in [9.17, 15) is 37.9 Å². The number of anilines is 2. The Morgan fingerprint density at radius 3 is 2.40 bits per heavy atom. The van der Waals surface area contributed by atoms with Crippen LogP contribution in [0, 0.1) is 22.6 Å². The number of halogens is 4. The molecule has 15 heteroatoms. The Balaban J connectivity index is 1.79. The molecule has 2 fully saturated rings. The minimum atomic E-state index is -3.00. The number of alkyl halides is 2. The molecule has 0 spiro atoms. The number of amides is 5. The van der Waals surface area contributed by atoms with E-state index in [4.69, 9.17) is 11.6 Å². The molecule has 1 aliphatic heterocycles. The third-order valence-electron chi connectivity index (χ3n) is 8.57. The summed E-state index contributed by atoms with van der Waals surface area (Å²) in [7, 11) is 0. The lowest BCUT2D eigenvalue weighted by atomic mass is 9.71. The number of carbonyl (C=O) groups excluding carboxylic acids is 3. The molecular formula is C33H30ClF3N6O5. The van der Waals surface area contributed by atoms with Crippen LogP contribution in [0.3, 0.4) is 0 Å². The van der Waals surface area contributed by atoms with Gasteiger partial charge in [-0.25, -0.2) is 32.6 Å². The summed E-state index contributed by atoms with van der Waals surface area (Å²) < 4.78 is 42.5. The Bertz CT molecular complexity index is 1840. The minimum Gasteiger partial charge on any atom is -0.465 e. The summed E-state index contributed by atoms with van der Waals surface area (Å²) in [5.74, 6) is -6.01. The number of nitrogens with zero attached hydrogens (tertiary/aromatic N) is 5. The Morgan fingerprint density at radius 1 is 1.12 bits per heavy atom. The Morgan fingerprint density at radius 2 is 1.81 bits per heavy atom. The first-order valence-corrected chi connectivity index (χ1v) is 15.1. The lowest BCUT2D eigenvalue weighted by molar-refractivity contribution is -0.135. The van der Waals surface area contributed by atoms with Crippen molar-refractivity contribution in [3.8, 4) is 6.07 Å². The number of urea groups is 1. The smallest absolute Gasteiger partial charge is 0.415 e. The van der Waals surface area contributed by atoms with Crippen LogP contribution in [0.25, 0.3) is 0 Å². The van der Waals surface area contributed by atoms with Crippen molar-refractivity contribution in [1.29, 1.82) is 5.26 Å². The van der Waals surface area contributed by atoms with Crippen molar-refractivity contribution in [3.05, 3.63) is 88.8 Å². The van der Waals surface area contributed by atoms with E-state index in [2.05, 4.69) is 10.3 Å². The van der Waals surface area contributed by atoms with Gasteiger partial charge in [-0.05, 0) is 41.8 Å². The van der Waals surface area contributed by atoms with Gasteiger partial charge in [0.25, 0.3) is 11.8 Å². The molecule has 1 unspecified atom stereocenters. The second-order valence-electron chi connectivity index (χ2n) is 12.7. The molecule has 2 N–H and O–H groups in total. The number of benzene rings is 2. The fourth-order valence-electron chi connectivity index (χ4n) is 6.11. The van der Waals surface area contributed by atoms with E-state index < -0.39 is 78.1 Å². The molecule has 48 heavy (non-hydrogen) atoms. The van der Waals surface area contributed by atoms with E-state index in [0.717, 1.165) is 21.9 Å². The molecule has 5 amide bonds. The summed E-state index contributed by atoms with van der Waals surface area (Å²) in [5, 5.41) is 22.2. The molecule has 1 saturated carbocycles. The zero-order valence-corrected chi connectivity index (χ0v) is 26.7. The van der Waals surface area contributed by atoms with Gasteiger partial charge in [0.1, 0.15) is 17.7 Å². The van der Waals surface area contributed by atoms with Crippen LogP contribution in [0.5, 0.6) is 0 Å². The van der Waals surface area contributed by atoms with Crippen molar-refractivity contribution in [1.82, 2.24) is 15.2 Å². The molecule has 2 aliphatic rings. The van der Waals surface area contributed by atoms with Crippen molar-refractivity contribution in [3.63, 3.8) is 0 Å². The first-order valence-electron chi connectivity index (χ1n) is 14.7. The standard InChI is InChI=1S/C33H30ClF3N6O5/c1-31(2,3)33(18-41(30(47)48)29(46)43(33)25-13-19(17-38)11-12-39-25)28(45)42(22-8-6-7-20(35)14-22)26(23-9-4-5-10-24(23)34)27(44)40-21-15-32(36,37)16-21/h4-14,21,26H,15-16,18H2,1-3H3,(H,40,44)(H,47,48)/t26?,33-/m0/s1. The number of aromatic nitrogens is 1. The molecule has 1 aromatic heterocycles. The zero-order valence-electron chi connectivity index (χ0n) is 26.0. The SMILES string of the molecule is CC(C)(C)[C@@]1(C(=O)N(c2cccc(F)c2)C(C(=O)NC2CC(F)(F)C2)c2ccccc2Cl)CN(C(=O)O)C(=O)N1c1cc(C#N)ccn1. The minimum absolute atomic E-state index is 0.00510. The van der Waals surface area contributed by atoms with Gasteiger partial charge < -0.3 is 10.4 Å². The number of nitriles is 1. The average molecular weight is 683 g/mol. The third kappa shape index (κ3) is 6.01. The number of carbonyl (C=O) groups is 4.